The van der Waals surface area contributed by atoms with E-state index >= 15 is 0 Å². The van der Waals surface area contributed by atoms with E-state index in [2.05, 4.69) is 14.7 Å². The van der Waals surface area contributed by atoms with Gasteiger partial charge >= 0.3 is 12.1 Å². The smallest absolute Gasteiger partial charge is 0.471 e. The second-order valence-electron chi connectivity index (χ2n) is 8.20. The normalized spacial score (nSPS) is 23.4. The van der Waals surface area contributed by atoms with Crippen LogP contribution in [0, 0.1) is 17.2 Å². The third-order valence-corrected chi connectivity index (χ3v) is 5.90. The van der Waals surface area contributed by atoms with Crippen molar-refractivity contribution in [2.24, 2.45) is 5.92 Å². The highest BCUT2D eigenvalue weighted by Crippen LogP contribution is 2.58. The molecule has 1 aromatic heterocycles. The number of ether oxygens (including phenoxy) is 1. The van der Waals surface area contributed by atoms with Crippen molar-refractivity contribution in [3.05, 3.63) is 41.0 Å². The van der Waals surface area contributed by atoms with Crippen molar-refractivity contribution in [2.45, 2.75) is 43.9 Å². The van der Waals surface area contributed by atoms with Crippen LogP contribution in [0.1, 0.15) is 47.9 Å². The summed E-state index contributed by atoms with van der Waals surface area (Å²) >= 11 is 0. The first-order valence-corrected chi connectivity index (χ1v) is 9.64. The van der Waals surface area contributed by atoms with E-state index in [0.29, 0.717) is 13.3 Å². The monoisotopic (exact) mass is 456 g/mol. The largest absolute Gasteiger partial charge is 0.484 e. The summed E-state index contributed by atoms with van der Waals surface area (Å²) in [5.41, 5.74) is -0.801. The van der Waals surface area contributed by atoms with Crippen molar-refractivity contribution in [3.8, 4) is 11.8 Å². The molecule has 2 fully saturated rings. The summed E-state index contributed by atoms with van der Waals surface area (Å²) in [6, 6.07) is 5.73. The molecule has 0 bridgehead atoms. The number of likely N-dealkylation sites (tertiary alicyclic amines) is 1. The number of alkyl halides is 5. The molecule has 2 heterocycles. The van der Waals surface area contributed by atoms with Gasteiger partial charge in [0.25, 0.3) is 11.8 Å². The first-order chi connectivity index (χ1) is 14.8. The number of nitrogens with zero attached hydrogens (tertiary/aromatic N) is 4. The number of rotatable bonds is 5. The Labute approximate surface area is 178 Å². The first kappa shape index (κ1) is 22.0. The topological polar surface area (TPSA) is 92.2 Å². The van der Waals surface area contributed by atoms with Gasteiger partial charge in [-0.3, -0.25) is 4.79 Å². The summed E-state index contributed by atoms with van der Waals surface area (Å²) in [5, 5.41) is 12.6. The molecule has 32 heavy (non-hydrogen) atoms. The van der Waals surface area contributed by atoms with Crippen LogP contribution in [0.3, 0.4) is 0 Å². The molecule has 4 rings (SSSR count). The Kier molecular flexibility index (Phi) is 4.91. The number of aromatic nitrogens is 2. The lowest BCUT2D eigenvalue weighted by molar-refractivity contribution is -0.159. The summed E-state index contributed by atoms with van der Waals surface area (Å²) in [5.74, 6) is -5.61. The quantitative estimate of drug-likeness (QED) is 0.636. The van der Waals surface area contributed by atoms with Gasteiger partial charge in [0, 0.05) is 20.0 Å². The number of piperidine rings is 1. The molecular weight excluding hydrogens is 439 g/mol. The number of hydrogen-bond acceptors (Lipinski definition) is 6. The zero-order valence-electron chi connectivity index (χ0n) is 16.9. The van der Waals surface area contributed by atoms with E-state index in [9.17, 15) is 26.7 Å². The van der Waals surface area contributed by atoms with E-state index in [-0.39, 0.29) is 41.7 Å². The Hall–Kier alpha value is -3.23. The Morgan fingerprint density at radius 2 is 2.09 bits per heavy atom. The predicted octanol–water partition coefficient (Wildman–Crippen LogP) is 3.80. The number of amides is 1. The Morgan fingerprint density at radius 1 is 1.38 bits per heavy atom. The van der Waals surface area contributed by atoms with Gasteiger partial charge in [0.1, 0.15) is 5.75 Å². The van der Waals surface area contributed by atoms with Gasteiger partial charge in [0.15, 0.2) is 11.9 Å². The summed E-state index contributed by atoms with van der Waals surface area (Å²) in [4.78, 5) is 18.0. The minimum atomic E-state index is -4.78. The molecule has 0 N–H and O–H groups in total. The highest BCUT2D eigenvalue weighted by Gasteiger charge is 2.65. The average molecular weight is 456 g/mol. The minimum absolute atomic E-state index is 0.0308. The molecule has 1 amide bonds. The first-order valence-electron chi connectivity index (χ1n) is 9.64. The van der Waals surface area contributed by atoms with Gasteiger partial charge in [-0.1, -0.05) is 5.16 Å². The van der Waals surface area contributed by atoms with Gasteiger partial charge in [0.2, 0.25) is 0 Å². The molecule has 12 heteroatoms. The van der Waals surface area contributed by atoms with Gasteiger partial charge in [-0.25, -0.2) is 8.78 Å². The van der Waals surface area contributed by atoms with E-state index in [4.69, 9.17) is 10.00 Å². The number of nitriles is 1. The van der Waals surface area contributed by atoms with Crippen LogP contribution < -0.4 is 4.74 Å². The van der Waals surface area contributed by atoms with Crippen LogP contribution in [-0.2, 0) is 11.6 Å². The SMILES string of the molecule is CC(Oc1ccc(C#N)cc1C(=O)N1CC2CC2(c2noc(C(F)(F)F)n2)C1)C(C)(F)F. The number of benzene rings is 1. The molecule has 7 nitrogen and oxygen atoms in total. The minimum Gasteiger partial charge on any atom is -0.484 e. The molecule has 3 unspecified atom stereocenters. The van der Waals surface area contributed by atoms with Crippen LogP contribution in [0.4, 0.5) is 22.0 Å². The van der Waals surface area contributed by atoms with Gasteiger partial charge in [-0.15, -0.1) is 0 Å². The zero-order valence-corrected chi connectivity index (χ0v) is 16.9. The fourth-order valence-corrected chi connectivity index (χ4v) is 3.86. The van der Waals surface area contributed by atoms with Crippen LogP contribution >= 0.6 is 0 Å². The van der Waals surface area contributed by atoms with Crippen molar-refractivity contribution < 1.29 is 36.0 Å². The van der Waals surface area contributed by atoms with Crippen LogP contribution in [0.5, 0.6) is 5.75 Å². The van der Waals surface area contributed by atoms with Crippen LogP contribution in [-0.4, -0.2) is 46.1 Å². The van der Waals surface area contributed by atoms with Gasteiger partial charge < -0.3 is 14.2 Å². The molecule has 0 radical (unpaired) electrons. The van der Waals surface area contributed by atoms with E-state index in [1.54, 1.807) is 0 Å². The molecule has 3 atom stereocenters. The fraction of sp³-hybridized carbons (Fsp3) is 0.500. The molecular formula is C20H17F5N4O3. The van der Waals surface area contributed by atoms with Crippen molar-refractivity contribution in [3.63, 3.8) is 0 Å². The summed E-state index contributed by atoms with van der Waals surface area (Å²) in [7, 11) is 0. The molecule has 2 aromatic rings. The third kappa shape index (κ3) is 3.76. The average Bonchev–Trinajstić information content (AvgIpc) is 3.09. The van der Waals surface area contributed by atoms with E-state index < -0.39 is 35.4 Å². The van der Waals surface area contributed by atoms with Crippen molar-refractivity contribution in [1.82, 2.24) is 15.0 Å². The van der Waals surface area contributed by atoms with Crippen molar-refractivity contribution in [1.29, 1.82) is 5.26 Å². The molecule has 170 valence electrons. The number of halogens is 5. The molecule has 1 aromatic carbocycles. The Bertz CT molecular complexity index is 1100. The number of fused-ring (bicyclic) bond motifs is 1. The fourth-order valence-electron chi connectivity index (χ4n) is 3.86. The summed E-state index contributed by atoms with van der Waals surface area (Å²) < 4.78 is 75.2. The van der Waals surface area contributed by atoms with Gasteiger partial charge in [0.05, 0.1) is 22.6 Å². The maximum Gasteiger partial charge on any atom is 0.471 e. The summed E-state index contributed by atoms with van der Waals surface area (Å²) in [6.07, 6.45) is -5.82. The number of hydrogen-bond donors (Lipinski definition) is 0. The van der Waals surface area contributed by atoms with Crippen LogP contribution in [0.2, 0.25) is 0 Å². The lowest BCUT2D eigenvalue weighted by atomic mass is 10.1. The van der Waals surface area contributed by atoms with Crippen LogP contribution in [0.15, 0.2) is 22.7 Å². The number of carbonyl (C=O) groups excluding carboxylic acids is 1. The maximum absolute atomic E-state index is 13.6. The highest BCUT2D eigenvalue weighted by atomic mass is 19.4. The molecule has 1 saturated heterocycles. The second kappa shape index (κ2) is 7.15. The Morgan fingerprint density at radius 3 is 2.69 bits per heavy atom. The highest BCUT2D eigenvalue weighted by molar-refractivity contribution is 5.97. The predicted molar refractivity (Wildman–Crippen MR) is 96.9 cm³/mol. The molecule has 1 saturated carbocycles. The summed E-state index contributed by atoms with van der Waals surface area (Å²) in [6.45, 7) is 2.08. The molecule has 0 spiro atoms. The number of carbonyl (C=O) groups is 1. The molecule has 1 aliphatic heterocycles. The third-order valence-electron chi connectivity index (χ3n) is 5.90. The van der Waals surface area contributed by atoms with Crippen LogP contribution in [0.25, 0.3) is 0 Å². The van der Waals surface area contributed by atoms with E-state index in [1.807, 2.05) is 6.07 Å². The Balaban J connectivity index is 1.58. The lowest BCUT2D eigenvalue weighted by Crippen LogP contribution is -2.35. The van der Waals surface area contributed by atoms with Crippen molar-refractivity contribution >= 4 is 5.91 Å². The lowest BCUT2D eigenvalue weighted by Gasteiger charge is -2.25. The standard InChI is InChI=1S/C20H17F5N4O3/c1-10(18(2,21)22)31-14-4-3-11(7-26)5-13(14)15(30)29-8-12-6-19(12,9-29)16-27-17(32-28-16)20(23,24)25/h3-5,10,12H,6,8-9H2,1-2H3. The van der Waals surface area contributed by atoms with Gasteiger partial charge in [-0.05, 0) is 37.5 Å². The van der Waals surface area contributed by atoms with E-state index in [0.717, 1.165) is 6.92 Å². The molecule has 1 aliphatic carbocycles. The van der Waals surface area contributed by atoms with Gasteiger partial charge in [-0.2, -0.15) is 23.4 Å². The van der Waals surface area contributed by atoms with E-state index in [1.165, 1.54) is 23.1 Å². The van der Waals surface area contributed by atoms with Crippen molar-refractivity contribution in [2.75, 3.05) is 13.1 Å². The molecule has 2 aliphatic rings. The zero-order chi connectivity index (χ0) is 23.5. The second-order valence-corrected chi connectivity index (χ2v) is 8.20. The maximum atomic E-state index is 13.6.